The Labute approximate surface area is 105 Å². The monoisotopic (exact) mass is 245 g/mol. The van der Waals surface area contributed by atoms with Gasteiger partial charge in [0.1, 0.15) is 0 Å². The molecule has 5 heteroatoms. The number of hydrogen-bond acceptors (Lipinski definition) is 4. The fourth-order valence-corrected chi connectivity index (χ4v) is 1.66. The van der Waals surface area contributed by atoms with Crippen molar-refractivity contribution in [2.24, 2.45) is 0 Å². The standard InChI is InChI=1S/C13H15N3O2/c1-9(12-7-8-14-16-12)15-11-5-3-10(4-6-11)13(17)18-2/h3-9,15H,1-2H3,(H,14,16). The minimum Gasteiger partial charge on any atom is -0.465 e. The summed E-state index contributed by atoms with van der Waals surface area (Å²) in [6.45, 7) is 2.03. The van der Waals surface area contributed by atoms with E-state index in [1.54, 1.807) is 18.3 Å². The van der Waals surface area contributed by atoms with Crippen molar-refractivity contribution in [3.63, 3.8) is 0 Å². The van der Waals surface area contributed by atoms with E-state index in [9.17, 15) is 4.79 Å². The Morgan fingerprint density at radius 3 is 2.61 bits per heavy atom. The number of carbonyl (C=O) groups is 1. The number of benzene rings is 1. The summed E-state index contributed by atoms with van der Waals surface area (Å²) in [5.41, 5.74) is 2.48. The molecule has 0 fully saturated rings. The summed E-state index contributed by atoms with van der Waals surface area (Å²) < 4.78 is 4.64. The zero-order valence-corrected chi connectivity index (χ0v) is 10.3. The second-order valence-electron chi connectivity index (χ2n) is 3.95. The van der Waals surface area contributed by atoms with Gasteiger partial charge in [-0.15, -0.1) is 0 Å². The molecular formula is C13H15N3O2. The third kappa shape index (κ3) is 2.68. The van der Waals surface area contributed by atoms with Crippen LogP contribution in [-0.2, 0) is 4.74 Å². The number of hydrogen-bond donors (Lipinski definition) is 2. The number of anilines is 1. The first-order valence-electron chi connectivity index (χ1n) is 5.65. The average Bonchev–Trinajstić information content (AvgIpc) is 2.92. The third-order valence-electron chi connectivity index (χ3n) is 2.68. The van der Waals surface area contributed by atoms with Crippen LogP contribution >= 0.6 is 0 Å². The Kier molecular flexibility index (Phi) is 3.62. The number of carbonyl (C=O) groups excluding carboxylic acids is 1. The van der Waals surface area contributed by atoms with Crippen molar-refractivity contribution in [1.82, 2.24) is 10.2 Å². The van der Waals surface area contributed by atoms with Gasteiger partial charge in [-0.2, -0.15) is 5.10 Å². The Bertz CT molecular complexity index is 506. The number of aromatic amines is 1. The maximum atomic E-state index is 11.3. The maximum absolute atomic E-state index is 11.3. The zero-order chi connectivity index (χ0) is 13.0. The Balaban J connectivity index is 2.04. The van der Waals surface area contributed by atoms with Crippen molar-refractivity contribution in [1.29, 1.82) is 0 Å². The first-order valence-corrected chi connectivity index (χ1v) is 5.65. The van der Waals surface area contributed by atoms with Gasteiger partial charge in [0, 0.05) is 11.9 Å². The van der Waals surface area contributed by atoms with E-state index in [0.29, 0.717) is 5.56 Å². The summed E-state index contributed by atoms with van der Waals surface area (Å²) in [5.74, 6) is -0.330. The summed E-state index contributed by atoms with van der Waals surface area (Å²) >= 11 is 0. The first kappa shape index (κ1) is 12.2. The molecule has 0 radical (unpaired) electrons. The molecule has 18 heavy (non-hydrogen) atoms. The van der Waals surface area contributed by atoms with Crippen LogP contribution in [0.25, 0.3) is 0 Å². The largest absolute Gasteiger partial charge is 0.465 e. The molecule has 1 aromatic heterocycles. The molecule has 0 aliphatic carbocycles. The molecule has 0 bridgehead atoms. The maximum Gasteiger partial charge on any atom is 0.337 e. The van der Waals surface area contributed by atoms with Crippen LogP contribution in [-0.4, -0.2) is 23.3 Å². The molecule has 1 atom stereocenters. The van der Waals surface area contributed by atoms with Crippen molar-refractivity contribution in [2.75, 3.05) is 12.4 Å². The molecule has 0 aliphatic rings. The molecule has 2 N–H and O–H groups in total. The summed E-state index contributed by atoms with van der Waals surface area (Å²) in [5, 5.41) is 10.1. The second-order valence-corrected chi connectivity index (χ2v) is 3.95. The molecule has 5 nitrogen and oxygen atoms in total. The molecule has 94 valence electrons. The minimum atomic E-state index is -0.330. The van der Waals surface area contributed by atoms with Crippen molar-refractivity contribution < 1.29 is 9.53 Å². The summed E-state index contributed by atoms with van der Waals surface area (Å²) in [6, 6.07) is 9.19. The molecule has 2 aromatic rings. The van der Waals surface area contributed by atoms with Gasteiger partial charge < -0.3 is 10.1 Å². The van der Waals surface area contributed by atoms with E-state index in [-0.39, 0.29) is 12.0 Å². The van der Waals surface area contributed by atoms with E-state index in [4.69, 9.17) is 0 Å². The molecule has 2 rings (SSSR count). The van der Waals surface area contributed by atoms with Crippen molar-refractivity contribution in [2.45, 2.75) is 13.0 Å². The lowest BCUT2D eigenvalue weighted by molar-refractivity contribution is 0.0601. The van der Waals surface area contributed by atoms with Gasteiger partial charge in [-0.05, 0) is 37.3 Å². The number of esters is 1. The smallest absolute Gasteiger partial charge is 0.337 e. The van der Waals surface area contributed by atoms with Gasteiger partial charge in [-0.3, -0.25) is 5.10 Å². The van der Waals surface area contributed by atoms with Crippen LogP contribution in [0.15, 0.2) is 36.5 Å². The fraction of sp³-hybridized carbons (Fsp3) is 0.231. The fourth-order valence-electron chi connectivity index (χ4n) is 1.66. The molecule has 0 amide bonds. The highest BCUT2D eigenvalue weighted by atomic mass is 16.5. The van der Waals surface area contributed by atoms with Crippen LogP contribution in [0.2, 0.25) is 0 Å². The van der Waals surface area contributed by atoms with Crippen molar-refractivity contribution in [3.8, 4) is 0 Å². The zero-order valence-electron chi connectivity index (χ0n) is 10.3. The summed E-state index contributed by atoms with van der Waals surface area (Å²) in [7, 11) is 1.37. The lowest BCUT2D eigenvalue weighted by Crippen LogP contribution is -2.07. The van der Waals surface area contributed by atoms with Gasteiger partial charge in [0.25, 0.3) is 0 Å². The van der Waals surface area contributed by atoms with Gasteiger partial charge >= 0.3 is 5.97 Å². The van der Waals surface area contributed by atoms with Crippen LogP contribution in [0.3, 0.4) is 0 Å². The third-order valence-corrected chi connectivity index (χ3v) is 2.68. The Hall–Kier alpha value is -2.30. The van der Waals surface area contributed by atoms with Gasteiger partial charge in [-0.25, -0.2) is 4.79 Å². The lowest BCUT2D eigenvalue weighted by Gasteiger charge is -2.13. The predicted octanol–water partition coefficient (Wildman–Crippen LogP) is 2.37. The molecule has 1 aromatic carbocycles. The minimum absolute atomic E-state index is 0.122. The van der Waals surface area contributed by atoms with Crippen LogP contribution in [0, 0.1) is 0 Å². The van der Waals surface area contributed by atoms with Crippen LogP contribution in [0.4, 0.5) is 5.69 Å². The molecule has 1 unspecified atom stereocenters. The lowest BCUT2D eigenvalue weighted by atomic mass is 10.2. The van der Waals surface area contributed by atoms with Crippen molar-refractivity contribution >= 4 is 11.7 Å². The van der Waals surface area contributed by atoms with Crippen LogP contribution in [0.5, 0.6) is 0 Å². The number of aromatic nitrogens is 2. The number of methoxy groups -OCH3 is 1. The Morgan fingerprint density at radius 2 is 2.06 bits per heavy atom. The SMILES string of the molecule is COC(=O)c1ccc(NC(C)c2ccn[nH]2)cc1. The number of nitrogens with zero attached hydrogens (tertiary/aromatic N) is 1. The van der Waals surface area contributed by atoms with Gasteiger partial charge in [0.05, 0.1) is 24.4 Å². The van der Waals surface area contributed by atoms with Gasteiger partial charge in [0.2, 0.25) is 0 Å². The van der Waals surface area contributed by atoms with E-state index in [2.05, 4.69) is 20.3 Å². The predicted molar refractivity (Wildman–Crippen MR) is 68.4 cm³/mol. The summed E-state index contributed by atoms with van der Waals surface area (Å²) in [6.07, 6.45) is 1.72. The van der Waals surface area contributed by atoms with Gasteiger partial charge in [-0.1, -0.05) is 0 Å². The highest BCUT2D eigenvalue weighted by Crippen LogP contribution is 2.17. The number of rotatable bonds is 4. The van der Waals surface area contributed by atoms with Crippen molar-refractivity contribution in [3.05, 3.63) is 47.8 Å². The summed E-state index contributed by atoms with van der Waals surface area (Å²) in [4.78, 5) is 11.3. The molecule has 0 saturated carbocycles. The molecule has 1 heterocycles. The number of nitrogens with one attached hydrogen (secondary N) is 2. The quantitative estimate of drug-likeness (QED) is 0.811. The first-order chi connectivity index (χ1) is 8.70. The molecular weight excluding hydrogens is 230 g/mol. The number of H-pyrrole nitrogens is 1. The van der Waals surface area contributed by atoms with E-state index in [1.165, 1.54) is 7.11 Å². The molecule has 0 saturated heterocycles. The molecule has 0 aliphatic heterocycles. The highest BCUT2D eigenvalue weighted by molar-refractivity contribution is 5.89. The second kappa shape index (κ2) is 5.35. The topological polar surface area (TPSA) is 67.0 Å². The Morgan fingerprint density at radius 1 is 1.33 bits per heavy atom. The van der Waals surface area contributed by atoms with E-state index >= 15 is 0 Å². The van der Waals surface area contributed by atoms with Crippen LogP contribution in [0.1, 0.15) is 29.0 Å². The van der Waals surface area contributed by atoms with E-state index in [1.807, 2.05) is 25.1 Å². The van der Waals surface area contributed by atoms with E-state index < -0.39 is 0 Å². The van der Waals surface area contributed by atoms with Crippen LogP contribution < -0.4 is 5.32 Å². The average molecular weight is 245 g/mol. The van der Waals surface area contributed by atoms with E-state index in [0.717, 1.165) is 11.4 Å². The molecule has 0 spiro atoms. The normalized spacial score (nSPS) is 11.9. The highest BCUT2D eigenvalue weighted by Gasteiger charge is 2.08. The number of ether oxygens (including phenoxy) is 1. The van der Waals surface area contributed by atoms with Gasteiger partial charge in [0.15, 0.2) is 0 Å².